The average molecular weight is 311 g/mol. The Morgan fingerprint density at radius 2 is 0.500 bits per heavy atom. The number of hydrogen-bond acceptors (Lipinski definition) is 6. The molecule has 0 heterocycles. The summed E-state index contributed by atoms with van der Waals surface area (Å²) >= 11 is 0. The van der Waals surface area contributed by atoms with Crippen LogP contribution in [0.15, 0.2) is 13.2 Å². The first kappa shape index (κ1) is 24.9. The Morgan fingerprint density at radius 1 is 0.429 bits per heavy atom. The molecule has 0 amide bonds. The maximum absolute atomic E-state index is 3.00. The molecule has 14 heavy (non-hydrogen) atoms. The van der Waals surface area contributed by atoms with Gasteiger partial charge in [0.05, 0.1) is 0 Å². The fourth-order valence-electron chi connectivity index (χ4n) is 0. The van der Waals surface area contributed by atoms with Crippen LogP contribution in [0.25, 0.3) is 0 Å². The molecule has 0 saturated heterocycles. The summed E-state index contributed by atoms with van der Waals surface area (Å²) in [4.78, 5) is 0. The lowest BCUT2D eigenvalue weighted by atomic mass is 11.3. The average Bonchev–Trinajstić information content (AvgIpc) is 2.31. The van der Waals surface area contributed by atoms with Gasteiger partial charge >= 0.3 is 0 Å². The molecule has 0 atom stereocenters. The zero-order chi connectivity index (χ0) is 12.2. The number of rotatable bonds is 3. The van der Waals surface area contributed by atoms with E-state index in [-0.39, 0.29) is 0 Å². The van der Waals surface area contributed by atoms with E-state index in [1.165, 1.54) is 0 Å². The Morgan fingerprint density at radius 3 is 0.500 bits per heavy atom. The van der Waals surface area contributed by atoms with Crippen molar-refractivity contribution in [1.82, 2.24) is 0 Å². The maximum Gasteiger partial charge on any atom is -0.00793 e. The molecule has 0 fully saturated rings. The van der Waals surface area contributed by atoms with Gasteiger partial charge in [-0.1, -0.05) is 64.8 Å². The van der Waals surface area contributed by atoms with Crippen LogP contribution in [-0.4, -0.2) is 37.5 Å². The lowest BCUT2D eigenvalue weighted by molar-refractivity contribution is 2.51. The van der Waals surface area contributed by atoms with E-state index in [0.29, 0.717) is 0 Å². The summed E-state index contributed by atoms with van der Waals surface area (Å²) in [5.41, 5.74) is 0. The molecule has 0 aromatic rings. The molecule has 0 saturated carbocycles. The van der Waals surface area contributed by atoms with Crippen molar-refractivity contribution < 1.29 is 0 Å². The smallest absolute Gasteiger partial charge is 0.00793 e. The van der Waals surface area contributed by atoms with E-state index in [2.05, 4.69) is 50.7 Å². The van der Waals surface area contributed by atoms with Gasteiger partial charge < -0.3 is 0 Å². The van der Waals surface area contributed by atoms with E-state index in [9.17, 15) is 0 Å². The lowest BCUT2D eigenvalue weighted by Crippen LogP contribution is -1.28. The van der Waals surface area contributed by atoms with E-state index in [4.69, 9.17) is 0 Å². The Hall–Kier alpha value is 1.84. The summed E-state index contributed by atoms with van der Waals surface area (Å²) < 4.78 is 0. The fourth-order valence-corrected chi connectivity index (χ4v) is 0. The largest absolute Gasteiger partial charge is 0.106 e. The molecule has 0 aromatic carbocycles. The first-order chi connectivity index (χ1) is 6.74. The van der Waals surface area contributed by atoms with E-state index >= 15 is 0 Å². The van der Waals surface area contributed by atoms with Gasteiger partial charge in [-0.25, -0.2) is 0 Å². The molecular formula is C8H22S6. The highest BCUT2D eigenvalue weighted by Crippen LogP contribution is 2.09. The van der Waals surface area contributed by atoms with Crippen molar-refractivity contribution >= 4 is 64.8 Å². The van der Waals surface area contributed by atoms with Crippen molar-refractivity contribution in [3.05, 3.63) is 13.2 Å². The minimum Gasteiger partial charge on any atom is -0.106 e. The summed E-state index contributed by atoms with van der Waals surface area (Å²) in [5, 5.41) is 0. The molecule has 0 aliphatic rings. The van der Waals surface area contributed by atoms with Crippen molar-refractivity contribution in [3.63, 3.8) is 0 Å². The van der Waals surface area contributed by atoms with E-state index < -0.39 is 0 Å². The van der Waals surface area contributed by atoms with Gasteiger partial charge in [-0.2, -0.15) is 0 Å². The van der Waals surface area contributed by atoms with Gasteiger partial charge in [0.25, 0.3) is 0 Å². The highest BCUT2D eigenvalue weighted by atomic mass is 33.1. The Balaban J connectivity index is -0.0000000492. The summed E-state index contributed by atoms with van der Waals surface area (Å²) in [6, 6.07) is 0. The third kappa shape index (κ3) is 97.4. The molecule has 90 valence electrons. The van der Waals surface area contributed by atoms with Gasteiger partial charge in [0.15, 0.2) is 0 Å². The predicted molar refractivity (Wildman–Crippen MR) is 92.3 cm³/mol. The normalized spacial score (nSPS) is 6.71. The van der Waals surface area contributed by atoms with Crippen LogP contribution < -0.4 is 0 Å². The quantitative estimate of drug-likeness (QED) is 0.482. The Bertz CT molecular complexity index is 37.6. The van der Waals surface area contributed by atoms with Gasteiger partial charge in [-0.05, 0) is 37.5 Å². The van der Waals surface area contributed by atoms with Crippen molar-refractivity contribution in [1.29, 1.82) is 0 Å². The van der Waals surface area contributed by atoms with Gasteiger partial charge in [-0.15, -0.1) is 13.2 Å². The molecule has 0 bridgehead atoms. The third-order valence-corrected chi connectivity index (χ3v) is 4.50. The van der Waals surface area contributed by atoms with E-state index in [1.54, 1.807) is 64.8 Å². The molecule has 0 rings (SSSR count). The summed E-state index contributed by atoms with van der Waals surface area (Å²) in [5.74, 6) is 0. The fraction of sp³-hybridized carbons (Fsp3) is 0.750. The number of hydrogen-bond donors (Lipinski definition) is 0. The molecule has 0 radical (unpaired) electrons. The molecule has 0 aliphatic heterocycles. The molecule has 0 N–H and O–H groups in total. The van der Waals surface area contributed by atoms with Crippen LogP contribution in [0.2, 0.25) is 0 Å². The minimum absolute atomic E-state index is 1.77. The second kappa shape index (κ2) is 46.2. The first-order valence-corrected chi connectivity index (χ1v) is 12.3. The SMILES string of the molecule is C=C.CSSC.CSSC.CSSC. The molecule has 0 unspecified atom stereocenters. The van der Waals surface area contributed by atoms with Crippen molar-refractivity contribution in [2.45, 2.75) is 0 Å². The molecule has 0 nitrogen and oxygen atoms in total. The highest BCUT2D eigenvalue weighted by Gasteiger charge is 1.55. The van der Waals surface area contributed by atoms with Crippen molar-refractivity contribution in [2.24, 2.45) is 0 Å². The maximum atomic E-state index is 3.00. The molecule has 0 aliphatic carbocycles. The molecule has 0 aromatic heterocycles. The monoisotopic (exact) mass is 310 g/mol. The van der Waals surface area contributed by atoms with Gasteiger partial charge in [0, 0.05) is 0 Å². The third-order valence-electron chi connectivity index (χ3n) is 0.500. The van der Waals surface area contributed by atoms with Crippen LogP contribution in [0.4, 0.5) is 0 Å². The van der Waals surface area contributed by atoms with Crippen LogP contribution >= 0.6 is 64.8 Å². The zero-order valence-corrected chi connectivity index (χ0v) is 14.8. The minimum atomic E-state index is 1.77. The van der Waals surface area contributed by atoms with Crippen molar-refractivity contribution in [2.75, 3.05) is 37.5 Å². The van der Waals surface area contributed by atoms with E-state index in [1.807, 2.05) is 0 Å². The van der Waals surface area contributed by atoms with Gasteiger partial charge in [0.2, 0.25) is 0 Å². The molecular weight excluding hydrogens is 288 g/mol. The molecule has 0 spiro atoms. The van der Waals surface area contributed by atoms with E-state index in [0.717, 1.165) is 0 Å². The predicted octanol–water partition coefficient (Wildman–Crippen LogP) is 5.68. The topological polar surface area (TPSA) is 0 Å². The first-order valence-electron chi connectivity index (χ1n) is 3.45. The summed E-state index contributed by atoms with van der Waals surface area (Å²) in [6.07, 6.45) is 12.4. The lowest BCUT2D eigenvalue weighted by Gasteiger charge is -1.69. The van der Waals surface area contributed by atoms with Crippen molar-refractivity contribution in [3.8, 4) is 0 Å². The van der Waals surface area contributed by atoms with Crippen LogP contribution in [0, 0.1) is 0 Å². The van der Waals surface area contributed by atoms with Crippen LogP contribution in [0.5, 0.6) is 0 Å². The second-order valence-corrected chi connectivity index (χ2v) is 9.00. The van der Waals surface area contributed by atoms with Crippen LogP contribution in [0.3, 0.4) is 0 Å². The Kier molecular flexibility index (Phi) is 82.2. The summed E-state index contributed by atoms with van der Waals surface area (Å²) in [6.45, 7) is 6.00. The second-order valence-electron chi connectivity index (χ2n) is 1.00. The highest BCUT2D eigenvalue weighted by molar-refractivity contribution is 8.76. The van der Waals surface area contributed by atoms with Crippen LogP contribution in [-0.2, 0) is 0 Å². The summed E-state index contributed by atoms with van der Waals surface area (Å²) in [7, 11) is 10.6. The van der Waals surface area contributed by atoms with Gasteiger partial charge in [0.1, 0.15) is 0 Å². The standard InChI is InChI=1S/3C2H6S2.C2H4/c3*1-3-4-2;1-2/h3*1-2H3;1-2H2. The Labute approximate surface area is 115 Å². The van der Waals surface area contributed by atoms with Crippen LogP contribution in [0.1, 0.15) is 0 Å². The zero-order valence-electron chi connectivity index (χ0n) is 9.86. The molecule has 6 heteroatoms. The van der Waals surface area contributed by atoms with Gasteiger partial charge in [-0.3, -0.25) is 0 Å².